The monoisotopic (exact) mass is 305 g/mol. The Hall–Kier alpha value is -1.66. The first kappa shape index (κ1) is 14.3. The Morgan fingerprint density at radius 3 is 3.14 bits per heavy atom. The summed E-state index contributed by atoms with van der Waals surface area (Å²) in [6.07, 6.45) is 7.07. The molecule has 0 bridgehead atoms. The van der Waals surface area contributed by atoms with Crippen molar-refractivity contribution in [1.29, 1.82) is 0 Å². The summed E-state index contributed by atoms with van der Waals surface area (Å²) in [5.41, 5.74) is 0.846. The third-order valence-corrected chi connectivity index (χ3v) is 4.76. The highest BCUT2D eigenvalue weighted by atomic mass is 32.1. The molecule has 6 heteroatoms. The van der Waals surface area contributed by atoms with E-state index in [2.05, 4.69) is 14.9 Å². The van der Waals surface area contributed by atoms with Gasteiger partial charge < -0.3 is 9.72 Å². The van der Waals surface area contributed by atoms with E-state index in [1.165, 1.54) is 25.0 Å². The average Bonchev–Trinajstić information content (AvgIpc) is 3.02. The molecule has 0 amide bonds. The molecule has 1 saturated heterocycles. The second kappa shape index (κ2) is 6.41. The molecule has 0 unspecified atom stereocenters. The molecular formula is C15H19N3O2S. The van der Waals surface area contributed by atoms with Crippen molar-refractivity contribution in [2.75, 3.05) is 13.7 Å². The van der Waals surface area contributed by atoms with Crippen LogP contribution in [0.5, 0.6) is 5.75 Å². The lowest BCUT2D eigenvalue weighted by atomic mass is 10.0. The molecule has 1 N–H and O–H groups in total. The van der Waals surface area contributed by atoms with Gasteiger partial charge in [0.1, 0.15) is 5.01 Å². The van der Waals surface area contributed by atoms with Gasteiger partial charge in [0.05, 0.1) is 13.2 Å². The highest BCUT2D eigenvalue weighted by Crippen LogP contribution is 2.32. The topological polar surface area (TPSA) is 58.2 Å². The third-order valence-electron chi connectivity index (χ3n) is 3.88. The van der Waals surface area contributed by atoms with Gasteiger partial charge in [-0.3, -0.25) is 9.69 Å². The van der Waals surface area contributed by atoms with Gasteiger partial charge in [0.2, 0.25) is 5.43 Å². The van der Waals surface area contributed by atoms with Crippen LogP contribution >= 0.6 is 11.3 Å². The molecule has 112 valence electrons. The molecule has 3 rings (SSSR count). The standard InChI is InChI=1S/C15H19N3O2S/c1-20-14-9-17-11(8-13(14)19)10-18-6-3-2-4-12(18)15-16-5-7-21-15/h5,7-9,12H,2-4,6,10H2,1H3,(H,17,19)/t12-/m1/s1. The van der Waals surface area contributed by atoms with Crippen LogP contribution in [-0.2, 0) is 6.54 Å². The number of nitrogens with zero attached hydrogens (tertiary/aromatic N) is 2. The minimum absolute atomic E-state index is 0.0749. The highest BCUT2D eigenvalue weighted by Gasteiger charge is 2.26. The number of aromatic nitrogens is 2. The van der Waals surface area contributed by atoms with Gasteiger partial charge in [0.15, 0.2) is 5.75 Å². The molecule has 2 aromatic heterocycles. The zero-order valence-corrected chi connectivity index (χ0v) is 12.9. The molecule has 1 aliphatic rings. The minimum Gasteiger partial charge on any atom is -0.491 e. The van der Waals surface area contributed by atoms with Crippen molar-refractivity contribution >= 4 is 11.3 Å². The van der Waals surface area contributed by atoms with E-state index in [-0.39, 0.29) is 5.43 Å². The smallest absolute Gasteiger partial charge is 0.223 e. The van der Waals surface area contributed by atoms with E-state index in [9.17, 15) is 4.79 Å². The van der Waals surface area contributed by atoms with Gasteiger partial charge in [-0.2, -0.15) is 0 Å². The summed E-state index contributed by atoms with van der Waals surface area (Å²) in [7, 11) is 1.51. The van der Waals surface area contributed by atoms with Crippen molar-refractivity contribution in [3.8, 4) is 5.75 Å². The van der Waals surface area contributed by atoms with Gasteiger partial charge in [0.25, 0.3) is 0 Å². The van der Waals surface area contributed by atoms with Crippen molar-refractivity contribution < 1.29 is 4.74 Å². The number of H-pyrrole nitrogens is 1. The first-order valence-electron chi connectivity index (χ1n) is 7.17. The summed E-state index contributed by atoms with van der Waals surface area (Å²) < 4.78 is 5.00. The largest absolute Gasteiger partial charge is 0.491 e. The number of thiazole rings is 1. The fourth-order valence-electron chi connectivity index (χ4n) is 2.83. The second-order valence-electron chi connectivity index (χ2n) is 5.24. The third kappa shape index (κ3) is 3.16. The van der Waals surface area contributed by atoms with Gasteiger partial charge in [-0.15, -0.1) is 11.3 Å². The summed E-state index contributed by atoms with van der Waals surface area (Å²) in [5, 5.41) is 3.20. The van der Waals surface area contributed by atoms with E-state index >= 15 is 0 Å². The molecule has 1 aliphatic heterocycles. The number of pyridine rings is 1. The number of methoxy groups -OCH3 is 1. The van der Waals surface area contributed by atoms with Crippen molar-refractivity contribution in [2.45, 2.75) is 31.8 Å². The zero-order chi connectivity index (χ0) is 14.7. The van der Waals surface area contributed by atoms with Crippen LogP contribution in [0.3, 0.4) is 0 Å². The maximum Gasteiger partial charge on any atom is 0.223 e. The van der Waals surface area contributed by atoms with Crippen LogP contribution in [0, 0.1) is 0 Å². The zero-order valence-electron chi connectivity index (χ0n) is 12.0. The van der Waals surface area contributed by atoms with Gasteiger partial charge in [-0.25, -0.2) is 4.98 Å². The van der Waals surface area contributed by atoms with Gasteiger partial charge in [-0.1, -0.05) is 6.42 Å². The minimum atomic E-state index is -0.0749. The van der Waals surface area contributed by atoms with Gasteiger partial charge in [-0.05, 0) is 19.4 Å². The maximum absolute atomic E-state index is 11.8. The van der Waals surface area contributed by atoms with E-state index in [0.717, 1.165) is 25.2 Å². The van der Waals surface area contributed by atoms with Crippen molar-refractivity contribution in [3.63, 3.8) is 0 Å². The number of likely N-dealkylation sites (tertiary alicyclic amines) is 1. The van der Waals surface area contributed by atoms with Crippen LogP contribution < -0.4 is 10.2 Å². The van der Waals surface area contributed by atoms with Crippen LogP contribution in [0.1, 0.15) is 36.0 Å². The Kier molecular flexibility index (Phi) is 4.36. The second-order valence-corrected chi connectivity index (χ2v) is 6.17. The number of rotatable bonds is 4. The summed E-state index contributed by atoms with van der Waals surface area (Å²) >= 11 is 1.71. The lowest BCUT2D eigenvalue weighted by Gasteiger charge is -2.34. The van der Waals surface area contributed by atoms with Gasteiger partial charge >= 0.3 is 0 Å². The molecule has 5 nitrogen and oxygen atoms in total. The van der Waals surface area contributed by atoms with Crippen LogP contribution in [0.15, 0.2) is 28.6 Å². The lowest BCUT2D eigenvalue weighted by molar-refractivity contribution is 0.138. The average molecular weight is 305 g/mol. The Morgan fingerprint density at radius 1 is 1.52 bits per heavy atom. The number of hydrogen-bond acceptors (Lipinski definition) is 5. The predicted molar refractivity (Wildman–Crippen MR) is 82.7 cm³/mol. The summed E-state index contributed by atoms with van der Waals surface area (Å²) in [4.78, 5) is 21.9. The Balaban J connectivity index is 1.78. The van der Waals surface area contributed by atoms with Crippen LogP contribution in [0.4, 0.5) is 0 Å². The molecule has 0 aliphatic carbocycles. The molecule has 1 atom stereocenters. The summed E-state index contributed by atoms with van der Waals surface area (Å²) in [6.45, 7) is 1.78. The Morgan fingerprint density at radius 2 is 2.43 bits per heavy atom. The molecular weight excluding hydrogens is 286 g/mol. The molecule has 0 spiro atoms. The fraction of sp³-hybridized carbons (Fsp3) is 0.467. The molecule has 0 saturated carbocycles. The molecule has 3 heterocycles. The number of piperidine rings is 1. The number of nitrogens with one attached hydrogen (secondary N) is 1. The van der Waals surface area contributed by atoms with Crippen LogP contribution in [-0.4, -0.2) is 28.5 Å². The summed E-state index contributed by atoms with van der Waals surface area (Å²) in [6, 6.07) is 2.00. The molecule has 21 heavy (non-hydrogen) atoms. The van der Waals surface area contributed by atoms with Crippen molar-refractivity contribution in [3.05, 3.63) is 44.8 Å². The van der Waals surface area contributed by atoms with E-state index in [1.807, 2.05) is 11.6 Å². The number of hydrogen-bond donors (Lipinski definition) is 1. The Bertz CT molecular complexity index is 639. The summed E-state index contributed by atoms with van der Waals surface area (Å²) in [5.74, 6) is 0.355. The normalized spacial score (nSPS) is 19.6. The lowest BCUT2D eigenvalue weighted by Crippen LogP contribution is -2.33. The van der Waals surface area contributed by atoms with Crippen LogP contribution in [0.25, 0.3) is 0 Å². The maximum atomic E-state index is 11.8. The van der Waals surface area contributed by atoms with Gasteiger partial charge in [0, 0.05) is 36.1 Å². The quantitative estimate of drug-likeness (QED) is 0.943. The first-order chi connectivity index (χ1) is 10.3. The fourth-order valence-corrected chi connectivity index (χ4v) is 3.64. The van der Waals surface area contributed by atoms with E-state index in [1.54, 1.807) is 23.6 Å². The van der Waals surface area contributed by atoms with E-state index in [4.69, 9.17) is 4.74 Å². The first-order valence-corrected chi connectivity index (χ1v) is 8.05. The van der Waals surface area contributed by atoms with Crippen LogP contribution in [0.2, 0.25) is 0 Å². The highest BCUT2D eigenvalue weighted by molar-refractivity contribution is 7.09. The van der Waals surface area contributed by atoms with E-state index in [0.29, 0.717) is 11.8 Å². The molecule has 2 aromatic rings. The molecule has 0 aromatic carbocycles. The molecule has 1 fully saturated rings. The van der Waals surface area contributed by atoms with Crippen molar-refractivity contribution in [1.82, 2.24) is 14.9 Å². The molecule has 0 radical (unpaired) electrons. The SMILES string of the molecule is COc1c[nH]c(CN2CCCC[C@@H]2c2nccs2)cc1=O. The van der Waals surface area contributed by atoms with Crippen molar-refractivity contribution in [2.24, 2.45) is 0 Å². The number of ether oxygens (including phenoxy) is 1. The predicted octanol–water partition coefficient (Wildman–Crippen LogP) is 2.57. The number of aromatic amines is 1. The Labute approximate surface area is 127 Å². The van der Waals surface area contributed by atoms with E-state index < -0.39 is 0 Å².